The molecule has 0 aliphatic rings. The second kappa shape index (κ2) is 8.86. The van der Waals surface area contributed by atoms with E-state index in [0.29, 0.717) is 18.2 Å². The molecule has 24 heavy (non-hydrogen) atoms. The Morgan fingerprint density at radius 3 is 2.79 bits per heavy atom. The van der Waals surface area contributed by atoms with E-state index in [0.717, 1.165) is 35.2 Å². The van der Waals surface area contributed by atoms with Crippen molar-refractivity contribution >= 4 is 21.9 Å². The summed E-state index contributed by atoms with van der Waals surface area (Å²) in [5, 5.41) is 15.1. The van der Waals surface area contributed by atoms with Crippen LogP contribution >= 0.6 is 15.9 Å². The molecule has 0 aliphatic heterocycles. The number of halogens is 1. The lowest BCUT2D eigenvalue weighted by Gasteiger charge is -2.19. The third-order valence-corrected chi connectivity index (χ3v) is 4.16. The SMILES string of the molecule is CCCCn1nnnc1NCc1c(Br)ccc(OC)c1OC(C)C. The smallest absolute Gasteiger partial charge is 0.243 e. The van der Waals surface area contributed by atoms with Crippen molar-refractivity contribution in [1.29, 1.82) is 0 Å². The molecule has 2 aromatic rings. The van der Waals surface area contributed by atoms with Gasteiger partial charge < -0.3 is 14.8 Å². The van der Waals surface area contributed by atoms with Gasteiger partial charge in [0, 0.05) is 23.1 Å². The van der Waals surface area contributed by atoms with Crippen LogP contribution in [-0.2, 0) is 13.1 Å². The van der Waals surface area contributed by atoms with E-state index in [1.807, 2.05) is 26.0 Å². The number of benzene rings is 1. The van der Waals surface area contributed by atoms with Gasteiger partial charge in [0.05, 0.1) is 13.2 Å². The number of ether oxygens (including phenoxy) is 2. The molecule has 1 heterocycles. The molecule has 0 spiro atoms. The first kappa shape index (κ1) is 18.5. The minimum atomic E-state index is 0.0434. The summed E-state index contributed by atoms with van der Waals surface area (Å²) in [7, 11) is 1.64. The van der Waals surface area contributed by atoms with Crippen molar-refractivity contribution in [2.24, 2.45) is 0 Å². The summed E-state index contributed by atoms with van der Waals surface area (Å²) in [4.78, 5) is 0. The van der Waals surface area contributed by atoms with Crippen LogP contribution < -0.4 is 14.8 Å². The monoisotopic (exact) mass is 397 g/mol. The molecule has 8 heteroatoms. The van der Waals surface area contributed by atoms with Crippen LogP contribution in [-0.4, -0.2) is 33.4 Å². The van der Waals surface area contributed by atoms with Gasteiger partial charge in [-0.25, -0.2) is 4.68 Å². The highest BCUT2D eigenvalue weighted by atomic mass is 79.9. The lowest BCUT2D eigenvalue weighted by atomic mass is 10.1. The van der Waals surface area contributed by atoms with Crippen LogP contribution in [0.25, 0.3) is 0 Å². The summed E-state index contributed by atoms with van der Waals surface area (Å²) in [5.41, 5.74) is 0.966. The number of anilines is 1. The summed E-state index contributed by atoms with van der Waals surface area (Å²) in [5.74, 6) is 2.07. The van der Waals surface area contributed by atoms with Crippen LogP contribution in [0.5, 0.6) is 11.5 Å². The lowest BCUT2D eigenvalue weighted by molar-refractivity contribution is 0.227. The Bertz CT molecular complexity index is 660. The Morgan fingerprint density at radius 2 is 2.12 bits per heavy atom. The van der Waals surface area contributed by atoms with Crippen molar-refractivity contribution in [2.75, 3.05) is 12.4 Å². The van der Waals surface area contributed by atoms with E-state index in [1.165, 1.54) is 0 Å². The Labute approximate surface area is 150 Å². The summed E-state index contributed by atoms with van der Waals surface area (Å²) >= 11 is 3.59. The molecular formula is C16H24BrN5O2. The molecule has 0 bridgehead atoms. The Balaban J connectivity index is 2.21. The molecule has 2 rings (SSSR count). The summed E-state index contributed by atoms with van der Waals surface area (Å²) < 4.78 is 14.1. The van der Waals surface area contributed by atoms with E-state index < -0.39 is 0 Å². The fourth-order valence-corrected chi connectivity index (χ4v) is 2.68. The third kappa shape index (κ3) is 4.59. The second-order valence-electron chi connectivity index (χ2n) is 5.66. The van der Waals surface area contributed by atoms with Gasteiger partial charge in [0.1, 0.15) is 0 Å². The minimum Gasteiger partial charge on any atom is -0.493 e. The summed E-state index contributed by atoms with van der Waals surface area (Å²) in [6, 6.07) is 3.83. The average Bonchev–Trinajstić information content (AvgIpc) is 2.99. The van der Waals surface area contributed by atoms with Crippen LogP contribution in [0.4, 0.5) is 5.95 Å². The van der Waals surface area contributed by atoms with E-state index in [2.05, 4.69) is 43.7 Å². The van der Waals surface area contributed by atoms with E-state index in [4.69, 9.17) is 9.47 Å². The zero-order valence-corrected chi connectivity index (χ0v) is 16.1. The number of hydrogen-bond acceptors (Lipinski definition) is 6. The quantitative estimate of drug-likeness (QED) is 0.695. The molecule has 0 amide bonds. The molecular weight excluding hydrogens is 374 g/mol. The molecule has 1 aromatic carbocycles. The normalized spacial score (nSPS) is 10.9. The first-order valence-corrected chi connectivity index (χ1v) is 8.88. The lowest BCUT2D eigenvalue weighted by Crippen LogP contribution is -2.13. The van der Waals surface area contributed by atoms with Gasteiger partial charge in [0.2, 0.25) is 5.95 Å². The van der Waals surface area contributed by atoms with Gasteiger partial charge in [-0.1, -0.05) is 34.4 Å². The van der Waals surface area contributed by atoms with E-state index >= 15 is 0 Å². The summed E-state index contributed by atoms with van der Waals surface area (Å²) in [6.45, 7) is 7.43. The van der Waals surface area contributed by atoms with Crippen molar-refractivity contribution < 1.29 is 9.47 Å². The molecule has 132 valence electrons. The number of nitrogens with one attached hydrogen (secondary N) is 1. The number of tetrazole rings is 1. The molecule has 1 N–H and O–H groups in total. The van der Waals surface area contributed by atoms with E-state index in [-0.39, 0.29) is 6.10 Å². The molecule has 0 saturated heterocycles. The highest BCUT2D eigenvalue weighted by Crippen LogP contribution is 2.37. The molecule has 0 radical (unpaired) electrons. The zero-order valence-electron chi connectivity index (χ0n) is 14.5. The fourth-order valence-electron chi connectivity index (χ4n) is 2.23. The van der Waals surface area contributed by atoms with Gasteiger partial charge in [-0.3, -0.25) is 0 Å². The van der Waals surface area contributed by atoms with Crippen LogP contribution in [0.3, 0.4) is 0 Å². The van der Waals surface area contributed by atoms with Crippen molar-refractivity contribution in [1.82, 2.24) is 20.2 Å². The van der Waals surface area contributed by atoms with Crippen LogP contribution in [0.1, 0.15) is 39.2 Å². The van der Waals surface area contributed by atoms with E-state index in [9.17, 15) is 0 Å². The van der Waals surface area contributed by atoms with Crippen molar-refractivity contribution in [3.05, 3.63) is 22.2 Å². The maximum Gasteiger partial charge on any atom is 0.243 e. The number of unbranched alkanes of at least 4 members (excludes halogenated alkanes) is 1. The van der Waals surface area contributed by atoms with Gasteiger partial charge in [0.15, 0.2) is 11.5 Å². The number of aryl methyl sites for hydroxylation is 1. The van der Waals surface area contributed by atoms with Gasteiger partial charge in [-0.15, -0.1) is 0 Å². The number of nitrogens with zero attached hydrogens (tertiary/aromatic N) is 4. The predicted molar refractivity (Wildman–Crippen MR) is 96.5 cm³/mol. The van der Waals surface area contributed by atoms with Gasteiger partial charge in [-0.05, 0) is 42.8 Å². The Hall–Kier alpha value is -1.83. The predicted octanol–water partition coefficient (Wildman–Crippen LogP) is 3.64. The van der Waals surface area contributed by atoms with Crippen molar-refractivity contribution in [3.63, 3.8) is 0 Å². The minimum absolute atomic E-state index is 0.0434. The molecule has 1 aromatic heterocycles. The number of aromatic nitrogens is 4. The number of methoxy groups -OCH3 is 1. The Morgan fingerprint density at radius 1 is 1.33 bits per heavy atom. The molecule has 0 atom stereocenters. The number of hydrogen-bond donors (Lipinski definition) is 1. The van der Waals surface area contributed by atoms with E-state index in [1.54, 1.807) is 11.8 Å². The zero-order chi connectivity index (χ0) is 17.5. The highest BCUT2D eigenvalue weighted by molar-refractivity contribution is 9.10. The highest BCUT2D eigenvalue weighted by Gasteiger charge is 2.17. The van der Waals surface area contributed by atoms with Crippen molar-refractivity contribution in [3.8, 4) is 11.5 Å². The molecule has 0 aliphatic carbocycles. The summed E-state index contributed by atoms with van der Waals surface area (Å²) in [6.07, 6.45) is 2.17. The van der Waals surface area contributed by atoms with Gasteiger partial charge in [0.25, 0.3) is 0 Å². The maximum atomic E-state index is 5.96. The first-order valence-electron chi connectivity index (χ1n) is 8.08. The molecule has 7 nitrogen and oxygen atoms in total. The largest absolute Gasteiger partial charge is 0.493 e. The molecule has 0 fully saturated rings. The fraction of sp³-hybridized carbons (Fsp3) is 0.562. The number of rotatable bonds is 9. The molecule has 0 unspecified atom stereocenters. The first-order chi connectivity index (χ1) is 11.6. The third-order valence-electron chi connectivity index (χ3n) is 3.42. The van der Waals surface area contributed by atoms with Crippen molar-refractivity contribution in [2.45, 2.75) is 52.8 Å². The second-order valence-corrected chi connectivity index (χ2v) is 6.51. The van der Waals surface area contributed by atoms with Gasteiger partial charge >= 0.3 is 0 Å². The van der Waals surface area contributed by atoms with Crippen LogP contribution in [0.2, 0.25) is 0 Å². The topological polar surface area (TPSA) is 74.1 Å². The van der Waals surface area contributed by atoms with Crippen LogP contribution in [0.15, 0.2) is 16.6 Å². The van der Waals surface area contributed by atoms with Crippen LogP contribution in [0, 0.1) is 0 Å². The molecule has 0 saturated carbocycles. The standard InChI is InChI=1S/C16H24BrN5O2/c1-5-6-9-22-16(19-20-21-22)18-10-12-13(17)7-8-14(23-4)15(12)24-11(2)3/h7-8,11H,5-6,9-10H2,1-4H3,(H,18,19,21). The average molecular weight is 398 g/mol. The maximum absolute atomic E-state index is 5.96. The Kier molecular flexibility index (Phi) is 6.84. The van der Waals surface area contributed by atoms with Gasteiger partial charge in [-0.2, -0.15) is 0 Å².